The number of benzene rings is 2. The van der Waals surface area contributed by atoms with E-state index in [1.807, 2.05) is 34.7 Å². The van der Waals surface area contributed by atoms with E-state index >= 15 is 0 Å². The Morgan fingerprint density at radius 1 is 0.931 bits per heavy atom. The molecule has 29 heavy (non-hydrogen) atoms. The first-order valence-corrected chi connectivity index (χ1v) is 10.3. The summed E-state index contributed by atoms with van der Waals surface area (Å²) in [6.45, 7) is 6.90. The molecule has 4 rings (SSSR count). The van der Waals surface area contributed by atoms with Gasteiger partial charge in [0.15, 0.2) is 0 Å². The summed E-state index contributed by atoms with van der Waals surface area (Å²) in [5.74, 6) is -0.0394. The van der Waals surface area contributed by atoms with Crippen LogP contribution in [0.3, 0.4) is 0 Å². The molecular weight excluding hydrogens is 407 g/mol. The molecule has 3 aromatic rings. The third-order valence-electron chi connectivity index (χ3n) is 5.25. The van der Waals surface area contributed by atoms with Crippen molar-refractivity contribution >= 4 is 34.8 Å². The number of aromatic nitrogens is 2. The Morgan fingerprint density at radius 2 is 1.55 bits per heavy atom. The molecule has 0 bridgehead atoms. The van der Waals surface area contributed by atoms with Crippen LogP contribution in [0.15, 0.2) is 48.5 Å². The minimum absolute atomic E-state index is 0.0394. The maximum atomic E-state index is 12.8. The molecular formula is C22H22Cl2N4O. The number of rotatable bonds is 3. The van der Waals surface area contributed by atoms with E-state index in [0.29, 0.717) is 28.7 Å². The van der Waals surface area contributed by atoms with Crippen molar-refractivity contribution in [2.24, 2.45) is 0 Å². The largest absolute Gasteiger partial charge is 0.365 e. The normalized spacial score (nSPS) is 14.3. The lowest BCUT2D eigenvalue weighted by atomic mass is 10.1. The van der Waals surface area contributed by atoms with Crippen LogP contribution in [0.4, 0.5) is 5.69 Å². The quantitative estimate of drug-likeness (QED) is 0.603. The Kier molecular flexibility index (Phi) is 5.52. The first-order valence-electron chi connectivity index (χ1n) is 9.56. The molecule has 7 heteroatoms. The highest BCUT2D eigenvalue weighted by Gasteiger charge is 2.26. The monoisotopic (exact) mass is 428 g/mol. The van der Waals surface area contributed by atoms with Gasteiger partial charge in [0.05, 0.1) is 22.8 Å². The highest BCUT2D eigenvalue weighted by atomic mass is 35.5. The number of aryl methyl sites for hydroxylation is 1. The third kappa shape index (κ3) is 3.98. The Hall–Kier alpha value is -2.50. The first kappa shape index (κ1) is 19.8. The number of carbonyl (C=O) groups excluding carboxylic acids is 1. The second-order valence-corrected chi connectivity index (χ2v) is 8.08. The second kappa shape index (κ2) is 8.09. The molecule has 1 aromatic heterocycles. The van der Waals surface area contributed by atoms with E-state index in [1.54, 1.807) is 18.2 Å². The fraction of sp³-hybridized carbons (Fsp3) is 0.273. The van der Waals surface area contributed by atoms with Gasteiger partial charge in [0.25, 0.3) is 5.91 Å². The van der Waals surface area contributed by atoms with E-state index in [2.05, 4.69) is 24.0 Å². The molecule has 2 heterocycles. The summed E-state index contributed by atoms with van der Waals surface area (Å²) in [6.07, 6.45) is 0. The van der Waals surface area contributed by atoms with Crippen molar-refractivity contribution in [3.8, 4) is 5.69 Å². The zero-order valence-electron chi connectivity index (χ0n) is 16.4. The van der Waals surface area contributed by atoms with Gasteiger partial charge in [0.1, 0.15) is 0 Å². The van der Waals surface area contributed by atoms with Crippen molar-refractivity contribution in [3.05, 3.63) is 75.5 Å². The predicted molar refractivity (Wildman–Crippen MR) is 118 cm³/mol. The third-order valence-corrected chi connectivity index (χ3v) is 5.68. The van der Waals surface area contributed by atoms with E-state index in [-0.39, 0.29) is 5.91 Å². The number of hydrogen-bond acceptors (Lipinski definition) is 3. The number of carbonyl (C=O) groups is 1. The number of hydrogen-bond donors (Lipinski definition) is 0. The smallest absolute Gasteiger partial charge is 0.254 e. The van der Waals surface area contributed by atoms with Crippen LogP contribution < -0.4 is 4.90 Å². The number of amides is 1. The molecule has 0 N–H and O–H groups in total. The fourth-order valence-electron chi connectivity index (χ4n) is 3.91. The summed E-state index contributed by atoms with van der Waals surface area (Å²) in [6, 6.07) is 15.1. The van der Waals surface area contributed by atoms with Crippen LogP contribution in [-0.2, 0) is 0 Å². The Morgan fingerprint density at radius 3 is 2.17 bits per heavy atom. The number of para-hydroxylation sites is 1. The number of anilines is 1. The van der Waals surface area contributed by atoms with Crippen LogP contribution in [0.5, 0.6) is 0 Å². The summed E-state index contributed by atoms with van der Waals surface area (Å²) in [4.78, 5) is 17.0. The van der Waals surface area contributed by atoms with E-state index in [4.69, 9.17) is 28.3 Å². The van der Waals surface area contributed by atoms with Crippen molar-refractivity contribution in [2.45, 2.75) is 13.8 Å². The maximum absolute atomic E-state index is 12.8. The summed E-state index contributed by atoms with van der Waals surface area (Å²) >= 11 is 12.1. The lowest BCUT2D eigenvalue weighted by Crippen LogP contribution is -2.49. The minimum Gasteiger partial charge on any atom is -0.365 e. The highest BCUT2D eigenvalue weighted by Crippen LogP contribution is 2.28. The number of nitrogens with zero attached hydrogens (tertiary/aromatic N) is 4. The Bertz CT molecular complexity index is 1020. The Balaban J connectivity index is 1.50. The second-order valence-electron chi connectivity index (χ2n) is 7.20. The van der Waals surface area contributed by atoms with Crippen molar-refractivity contribution < 1.29 is 4.79 Å². The molecule has 1 aliphatic heterocycles. The molecule has 0 spiro atoms. The molecule has 0 aliphatic carbocycles. The van der Waals surface area contributed by atoms with Crippen LogP contribution >= 0.6 is 23.2 Å². The van der Waals surface area contributed by atoms with E-state index in [1.165, 1.54) is 0 Å². The molecule has 150 valence electrons. The summed E-state index contributed by atoms with van der Waals surface area (Å²) < 4.78 is 1.98. The molecule has 0 atom stereocenters. The van der Waals surface area contributed by atoms with E-state index in [9.17, 15) is 4.79 Å². The fourth-order valence-corrected chi connectivity index (χ4v) is 4.43. The van der Waals surface area contributed by atoms with Crippen LogP contribution in [0.25, 0.3) is 5.69 Å². The molecule has 2 aromatic carbocycles. The molecule has 1 fully saturated rings. The average Bonchev–Trinajstić information content (AvgIpc) is 3.01. The topological polar surface area (TPSA) is 41.4 Å². The Labute approximate surface area is 180 Å². The van der Waals surface area contributed by atoms with Gasteiger partial charge in [-0.15, -0.1) is 0 Å². The average molecular weight is 429 g/mol. The van der Waals surface area contributed by atoms with Crippen LogP contribution in [0.2, 0.25) is 10.0 Å². The predicted octanol–water partition coefficient (Wildman–Crippen LogP) is 4.76. The van der Waals surface area contributed by atoms with Gasteiger partial charge in [0.2, 0.25) is 0 Å². The number of piperazine rings is 1. The first-order chi connectivity index (χ1) is 13.9. The molecule has 5 nitrogen and oxygen atoms in total. The minimum atomic E-state index is -0.0394. The van der Waals surface area contributed by atoms with Gasteiger partial charge in [0, 0.05) is 41.8 Å². The maximum Gasteiger partial charge on any atom is 0.254 e. The van der Waals surface area contributed by atoms with Gasteiger partial charge in [-0.25, -0.2) is 4.68 Å². The van der Waals surface area contributed by atoms with Gasteiger partial charge < -0.3 is 9.80 Å². The van der Waals surface area contributed by atoms with Crippen molar-refractivity contribution in [1.82, 2.24) is 14.7 Å². The zero-order chi connectivity index (χ0) is 20.5. The van der Waals surface area contributed by atoms with Gasteiger partial charge in [-0.05, 0) is 44.2 Å². The highest BCUT2D eigenvalue weighted by molar-refractivity contribution is 6.35. The lowest BCUT2D eigenvalue weighted by molar-refractivity contribution is 0.0747. The van der Waals surface area contributed by atoms with Crippen LogP contribution in [-0.4, -0.2) is 46.8 Å². The lowest BCUT2D eigenvalue weighted by Gasteiger charge is -2.36. The van der Waals surface area contributed by atoms with Gasteiger partial charge >= 0.3 is 0 Å². The van der Waals surface area contributed by atoms with E-state index < -0.39 is 0 Å². The SMILES string of the molecule is Cc1nn(-c2ccccc2)c(C)c1N1CCN(C(=O)c2cc(Cl)cc(Cl)c2)CC1. The standard InChI is InChI=1S/C22H22Cl2N4O/c1-15-21(16(2)28(25-15)20-6-4-3-5-7-20)26-8-10-27(11-9-26)22(29)17-12-18(23)14-19(24)13-17/h3-7,12-14H,8-11H2,1-2H3. The van der Waals surface area contributed by atoms with Crippen LogP contribution in [0.1, 0.15) is 21.7 Å². The van der Waals surface area contributed by atoms with Crippen molar-refractivity contribution in [1.29, 1.82) is 0 Å². The molecule has 1 saturated heterocycles. The summed E-state index contributed by atoms with van der Waals surface area (Å²) in [5, 5.41) is 5.68. The summed E-state index contributed by atoms with van der Waals surface area (Å²) in [7, 11) is 0. The molecule has 1 aliphatic rings. The van der Waals surface area contributed by atoms with Gasteiger partial charge in [-0.1, -0.05) is 41.4 Å². The van der Waals surface area contributed by atoms with E-state index in [0.717, 1.165) is 35.9 Å². The van der Waals surface area contributed by atoms with Gasteiger partial charge in [-0.2, -0.15) is 5.10 Å². The molecule has 0 saturated carbocycles. The molecule has 1 amide bonds. The van der Waals surface area contributed by atoms with Crippen LogP contribution in [0, 0.1) is 13.8 Å². The van der Waals surface area contributed by atoms with Crippen molar-refractivity contribution in [2.75, 3.05) is 31.1 Å². The zero-order valence-corrected chi connectivity index (χ0v) is 17.9. The van der Waals surface area contributed by atoms with Crippen molar-refractivity contribution in [3.63, 3.8) is 0 Å². The van der Waals surface area contributed by atoms with Gasteiger partial charge in [-0.3, -0.25) is 4.79 Å². The summed E-state index contributed by atoms with van der Waals surface area (Å²) in [5.41, 5.74) is 4.82. The molecule has 0 radical (unpaired) electrons. The number of halogens is 2. The molecule has 0 unspecified atom stereocenters.